The van der Waals surface area contributed by atoms with Crippen LogP contribution in [0.3, 0.4) is 0 Å². The zero-order valence-corrected chi connectivity index (χ0v) is 12.2. The smallest absolute Gasteiger partial charge is 0.254 e. The number of amides is 2. The molecule has 19 heavy (non-hydrogen) atoms. The topological polar surface area (TPSA) is 75.4 Å². The van der Waals surface area contributed by atoms with Crippen LogP contribution in [0.25, 0.3) is 0 Å². The van der Waals surface area contributed by atoms with Crippen molar-refractivity contribution in [1.82, 2.24) is 10.2 Å². The number of hydrogen-bond acceptors (Lipinski definition) is 3. The molecule has 0 radical (unpaired) electrons. The molecule has 1 saturated carbocycles. The van der Waals surface area contributed by atoms with Crippen molar-refractivity contribution in [2.45, 2.75) is 18.9 Å². The van der Waals surface area contributed by atoms with Gasteiger partial charge in [0.2, 0.25) is 5.91 Å². The molecule has 2 amide bonds. The third-order valence-electron chi connectivity index (χ3n) is 2.91. The van der Waals surface area contributed by atoms with E-state index in [4.69, 9.17) is 5.73 Å². The molecule has 0 spiro atoms. The summed E-state index contributed by atoms with van der Waals surface area (Å²) in [5, 5.41) is 2.85. The first-order chi connectivity index (χ1) is 8.97. The standard InChI is InChI=1S/C13H16BrN3O2/c1-17(7-12(18)16-9-3-4-9)13(19)8-2-5-10(14)11(15)6-8/h2,5-6,9H,3-4,7,15H2,1H3,(H,16,18). The van der Waals surface area contributed by atoms with Crippen LogP contribution >= 0.6 is 15.9 Å². The Morgan fingerprint density at radius 3 is 2.74 bits per heavy atom. The van der Waals surface area contributed by atoms with Gasteiger partial charge in [0.05, 0.1) is 6.54 Å². The molecule has 102 valence electrons. The number of nitrogens with one attached hydrogen (secondary N) is 1. The molecule has 0 aliphatic heterocycles. The summed E-state index contributed by atoms with van der Waals surface area (Å²) in [6.45, 7) is 0.0608. The Morgan fingerprint density at radius 2 is 2.16 bits per heavy atom. The lowest BCUT2D eigenvalue weighted by Gasteiger charge is -2.17. The highest BCUT2D eigenvalue weighted by Gasteiger charge is 2.24. The largest absolute Gasteiger partial charge is 0.398 e. The maximum Gasteiger partial charge on any atom is 0.254 e. The highest BCUT2D eigenvalue weighted by Crippen LogP contribution is 2.21. The van der Waals surface area contributed by atoms with Crippen LogP contribution in [0.15, 0.2) is 22.7 Å². The van der Waals surface area contributed by atoms with Gasteiger partial charge in [-0.25, -0.2) is 0 Å². The van der Waals surface area contributed by atoms with Crippen molar-refractivity contribution in [3.8, 4) is 0 Å². The zero-order valence-electron chi connectivity index (χ0n) is 10.6. The third kappa shape index (κ3) is 3.70. The van der Waals surface area contributed by atoms with Crippen molar-refractivity contribution in [1.29, 1.82) is 0 Å². The van der Waals surface area contributed by atoms with Crippen LogP contribution in [0.5, 0.6) is 0 Å². The molecular weight excluding hydrogens is 310 g/mol. The molecule has 1 aromatic rings. The van der Waals surface area contributed by atoms with E-state index < -0.39 is 0 Å². The van der Waals surface area contributed by atoms with Gasteiger partial charge >= 0.3 is 0 Å². The summed E-state index contributed by atoms with van der Waals surface area (Å²) < 4.78 is 0.748. The van der Waals surface area contributed by atoms with Crippen LogP contribution in [0.4, 0.5) is 5.69 Å². The molecule has 5 nitrogen and oxygen atoms in total. The molecule has 0 atom stereocenters. The fourth-order valence-corrected chi connectivity index (χ4v) is 1.93. The zero-order chi connectivity index (χ0) is 14.0. The third-order valence-corrected chi connectivity index (χ3v) is 3.64. The second-order valence-electron chi connectivity index (χ2n) is 4.74. The van der Waals surface area contributed by atoms with Crippen molar-refractivity contribution in [3.63, 3.8) is 0 Å². The van der Waals surface area contributed by atoms with Crippen molar-refractivity contribution in [2.24, 2.45) is 0 Å². The minimum Gasteiger partial charge on any atom is -0.398 e. The minimum absolute atomic E-state index is 0.0608. The molecule has 0 saturated heterocycles. The quantitative estimate of drug-likeness (QED) is 0.821. The van der Waals surface area contributed by atoms with E-state index in [2.05, 4.69) is 21.2 Å². The normalized spacial score (nSPS) is 14.0. The lowest BCUT2D eigenvalue weighted by Crippen LogP contribution is -2.39. The van der Waals surface area contributed by atoms with Gasteiger partial charge in [-0.05, 0) is 47.0 Å². The molecule has 0 aromatic heterocycles. The molecule has 1 aromatic carbocycles. The van der Waals surface area contributed by atoms with Gasteiger partial charge in [-0.3, -0.25) is 9.59 Å². The van der Waals surface area contributed by atoms with Crippen LogP contribution in [0.1, 0.15) is 23.2 Å². The van der Waals surface area contributed by atoms with Crippen molar-refractivity contribution < 1.29 is 9.59 Å². The predicted molar refractivity (Wildman–Crippen MR) is 76.7 cm³/mol. The summed E-state index contributed by atoms with van der Waals surface area (Å²) in [6, 6.07) is 5.31. The van der Waals surface area contributed by atoms with E-state index in [0.717, 1.165) is 17.3 Å². The van der Waals surface area contributed by atoms with Crippen LogP contribution in [-0.2, 0) is 4.79 Å². The number of nitrogens with two attached hydrogens (primary N) is 1. The SMILES string of the molecule is CN(CC(=O)NC1CC1)C(=O)c1ccc(Br)c(N)c1. The van der Waals surface area contributed by atoms with E-state index in [-0.39, 0.29) is 18.4 Å². The number of benzene rings is 1. The summed E-state index contributed by atoms with van der Waals surface area (Å²) in [5.41, 5.74) is 6.71. The van der Waals surface area contributed by atoms with Crippen molar-refractivity contribution >= 4 is 33.4 Å². The fraction of sp³-hybridized carbons (Fsp3) is 0.385. The van der Waals surface area contributed by atoms with Crippen molar-refractivity contribution in [2.75, 3.05) is 19.3 Å². The molecule has 0 bridgehead atoms. The number of halogens is 1. The van der Waals surface area contributed by atoms with Crippen LogP contribution < -0.4 is 11.1 Å². The summed E-state index contributed by atoms with van der Waals surface area (Å²) in [6.07, 6.45) is 2.07. The Bertz CT molecular complexity index is 515. The summed E-state index contributed by atoms with van der Waals surface area (Å²) in [7, 11) is 1.60. The Labute approximate surface area is 120 Å². The molecule has 3 N–H and O–H groups in total. The van der Waals surface area contributed by atoms with E-state index in [1.807, 2.05) is 0 Å². The first kappa shape index (κ1) is 13.9. The van der Waals surface area contributed by atoms with Gasteiger partial charge in [-0.15, -0.1) is 0 Å². The minimum atomic E-state index is -0.217. The number of carbonyl (C=O) groups excluding carboxylic acids is 2. The van der Waals surface area contributed by atoms with Gasteiger partial charge < -0.3 is 16.0 Å². The molecule has 1 fully saturated rings. The summed E-state index contributed by atoms with van der Waals surface area (Å²) >= 11 is 3.28. The summed E-state index contributed by atoms with van der Waals surface area (Å²) in [5.74, 6) is -0.339. The lowest BCUT2D eigenvalue weighted by atomic mass is 10.2. The number of carbonyl (C=O) groups is 2. The maximum atomic E-state index is 12.1. The first-order valence-electron chi connectivity index (χ1n) is 6.07. The van der Waals surface area contributed by atoms with E-state index in [9.17, 15) is 9.59 Å². The first-order valence-corrected chi connectivity index (χ1v) is 6.86. The van der Waals surface area contributed by atoms with E-state index in [1.165, 1.54) is 4.90 Å². The Hall–Kier alpha value is -1.56. The second kappa shape index (κ2) is 5.61. The second-order valence-corrected chi connectivity index (χ2v) is 5.59. The summed E-state index contributed by atoms with van der Waals surface area (Å²) in [4.78, 5) is 25.1. The van der Waals surface area contributed by atoms with Gasteiger partial charge in [0, 0.05) is 28.8 Å². The van der Waals surface area contributed by atoms with E-state index in [1.54, 1.807) is 25.2 Å². The van der Waals surface area contributed by atoms with Crippen LogP contribution in [0.2, 0.25) is 0 Å². The Morgan fingerprint density at radius 1 is 1.47 bits per heavy atom. The number of rotatable bonds is 4. The van der Waals surface area contributed by atoms with Crippen molar-refractivity contribution in [3.05, 3.63) is 28.2 Å². The molecule has 1 aliphatic rings. The molecule has 2 rings (SSSR count). The predicted octanol–water partition coefficient (Wildman–Crippen LogP) is 1.38. The van der Waals surface area contributed by atoms with Gasteiger partial charge in [0.1, 0.15) is 0 Å². The number of anilines is 1. The molecule has 6 heteroatoms. The number of likely N-dealkylation sites (N-methyl/N-ethyl adjacent to an activating group) is 1. The van der Waals surface area contributed by atoms with Gasteiger partial charge in [-0.2, -0.15) is 0 Å². The highest BCUT2D eigenvalue weighted by atomic mass is 79.9. The Kier molecular flexibility index (Phi) is 4.09. The highest BCUT2D eigenvalue weighted by molar-refractivity contribution is 9.10. The van der Waals surface area contributed by atoms with Gasteiger partial charge in [0.15, 0.2) is 0 Å². The number of hydrogen-bond donors (Lipinski definition) is 2. The van der Waals surface area contributed by atoms with Gasteiger partial charge in [-0.1, -0.05) is 0 Å². The average Bonchev–Trinajstić information content (AvgIpc) is 3.15. The number of nitrogens with zero attached hydrogens (tertiary/aromatic N) is 1. The van der Waals surface area contributed by atoms with Gasteiger partial charge in [0.25, 0.3) is 5.91 Å². The monoisotopic (exact) mass is 325 g/mol. The maximum absolute atomic E-state index is 12.1. The van der Waals surface area contributed by atoms with Crippen LogP contribution in [-0.4, -0.2) is 36.3 Å². The van der Waals surface area contributed by atoms with Crippen LogP contribution in [0, 0.1) is 0 Å². The van der Waals surface area contributed by atoms with E-state index in [0.29, 0.717) is 17.3 Å². The molecule has 0 unspecified atom stereocenters. The lowest BCUT2D eigenvalue weighted by molar-refractivity contribution is -0.121. The number of nitrogen functional groups attached to an aromatic ring is 1. The molecule has 0 heterocycles. The average molecular weight is 326 g/mol. The molecular formula is C13H16BrN3O2. The fourth-order valence-electron chi connectivity index (χ4n) is 1.69. The Balaban J connectivity index is 1.97. The molecule has 1 aliphatic carbocycles. The van der Waals surface area contributed by atoms with E-state index >= 15 is 0 Å².